The zero-order chi connectivity index (χ0) is 31.5. The summed E-state index contributed by atoms with van der Waals surface area (Å²) in [6.45, 7) is 0. The summed E-state index contributed by atoms with van der Waals surface area (Å²) in [5.74, 6) is -1.37. The number of para-hydroxylation sites is 2. The van der Waals surface area contributed by atoms with Crippen LogP contribution in [0.5, 0.6) is 0 Å². The number of hydrogen-bond donors (Lipinski definition) is 0. The molecule has 0 spiro atoms. The third-order valence-corrected chi connectivity index (χ3v) is 7.64. The topological polar surface area (TPSA) is 86.8 Å². The quantitative estimate of drug-likeness (QED) is 0.162. The van der Waals surface area contributed by atoms with Crippen molar-refractivity contribution in [1.29, 1.82) is 0 Å². The highest BCUT2D eigenvalue weighted by atomic mass is 16.1. The largest absolute Gasteiger partial charge is 0.288 e. The van der Waals surface area contributed by atoms with Gasteiger partial charge in [0.25, 0.3) is 0 Å². The van der Waals surface area contributed by atoms with Crippen LogP contribution in [0, 0.1) is 0 Å². The van der Waals surface area contributed by atoms with Crippen molar-refractivity contribution in [3.63, 3.8) is 0 Å². The van der Waals surface area contributed by atoms with Crippen molar-refractivity contribution in [3.05, 3.63) is 191 Å². The molecule has 0 radical (unpaired) electrons. The number of aromatic nitrogens is 4. The third-order valence-electron chi connectivity index (χ3n) is 7.64. The van der Waals surface area contributed by atoms with E-state index in [1.807, 2.05) is 103 Å². The smallest absolute Gasteiger partial charge is 0.217 e. The van der Waals surface area contributed by atoms with E-state index in [-0.39, 0.29) is 28.3 Å². The van der Waals surface area contributed by atoms with Gasteiger partial charge in [-0.25, -0.2) is 9.36 Å². The number of benzene rings is 5. The summed E-state index contributed by atoms with van der Waals surface area (Å²) in [5, 5.41) is 9.44. The Kier molecular flexibility index (Phi) is 7.55. The normalized spacial score (nSPS) is 10.9. The number of ketones is 3. The molecule has 2 aromatic heterocycles. The fraction of sp³-hybridized carbons (Fsp3) is 0. The molecule has 0 atom stereocenters. The van der Waals surface area contributed by atoms with Crippen molar-refractivity contribution in [2.75, 3.05) is 0 Å². The highest BCUT2D eigenvalue weighted by Crippen LogP contribution is 2.33. The molecule has 0 fully saturated rings. The lowest BCUT2D eigenvalue weighted by molar-refractivity contribution is 0.0990. The van der Waals surface area contributed by atoms with Crippen LogP contribution in [0.1, 0.15) is 48.0 Å². The van der Waals surface area contributed by atoms with Crippen molar-refractivity contribution in [2.45, 2.75) is 0 Å². The molecule has 0 saturated carbocycles. The Morgan fingerprint density at radius 3 is 1.50 bits per heavy atom. The molecule has 0 N–H and O–H groups in total. The highest BCUT2D eigenvalue weighted by molar-refractivity contribution is 6.24. The molecule has 46 heavy (non-hydrogen) atoms. The zero-order valence-corrected chi connectivity index (χ0v) is 24.5. The van der Waals surface area contributed by atoms with E-state index in [9.17, 15) is 14.4 Å². The van der Waals surface area contributed by atoms with Crippen molar-refractivity contribution in [1.82, 2.24) is 19.6 Å². The first-order valence-electron chi connectivity index (χ1n) is 14.7. The predicted octanol–water partition coefficient (Wildman–Crippen LogP) is 7.42. The van der Waals surface area contributed by atoms with Crippen LogP contribution in [0.4, 0.5) is 0 Å². The fourth-order valence-corrected chi connectivity index (χ4v) is 5.42. The first-order chi connectivity index (χ1) is 22.6. The van der Waals surface area contributed by atoms with E-state index >= 15 is 0 Å². The lowest BCUT2D eigenvalue weighted by Crippen LogP contribution is -2.14. The average Bonchev–Trinajstić information content (AvgIpc) is 3.76. The predicted molar refractivity (Wildman–Crippen MR) is 176 cm³/mol. The molecule has 220 valence electrons. The van der Waals surface area contributed by atoms with Crippen LogP contribution in [0.25, 0.3) is 22.6 Å². The molecule has 0 amide bonds. The second-order valence-corrected chi connectivity index (χ2v) is 10.6. The van der Waals surface area contributed by atoms with Crippen LogP contribution in [0.3, 0.4) is 0 Å². The number of hydrogen-bond acceptors (Lipinski definition) is 5. The Morgan fingerprint density at radius 2 is 0.935 bits per heavy atom. The van der Waals surface area contributed by atoms with Crippen molar-refractivity contribution >= 4 is 17.3 Å². The summed E-state index contributed by atoms with van der Waals surface area (Å²) in [6, 6.07) is 45.5. The first-order valence-corrected chi connectivity index (χ1v) is 14.7. The van der Waals surface area contributed by atoms with E-state index in [0.29, 0.717) is 33.8 Å². The van der Waals surface area contributed by atoms with Crippen LogP contribution in [0.2, 0.25) is 0 Å². The van der Waals surface area contributed by atoms with Crippen LogP contribution >= 0.6 is 0 Å². The summed E-state index contributed by atoms with van der Waals surface area (Å²) in [5.41, 5.74) is 3.37. The number of rotatable bonds is 9. The minimum Gasteiger partial charge on any atom is -0.288 e. The van der Waals surface area contributed by atoms with Gasteiger partial charge >= 0.3 is 0 Å². The van der Waals surface area contributed by atoms with Crippen LogP contribution in [0.15, 0.2) is 158 Å². The van der Waals surface area contributed by atoms with Gasteiger partial charge in [0.15, 0.2) is 5.78 Å². The second kappa shape index (κ2) is 12.3. The Balaban J connectivity index is 1.49. The molecule has 0 aliphatic heterocycles. The van der Waals surface area contributed by atoms with Gasteiger partial charge in [-0.2, -0.15) is 10.2 Å². The van der Waals surface area contributed by atoms with Gasteiger partial charge in [-0.3, -0.25) is 14.4 Å². The van der Waals surface area contributed by atoms with Gasteiger partial charge in [0.05, 0.1) is 28.2 Å². The summed E-state index contributed by atoms with van der Waals surface area (Å²) in [7, 11) is 0. The number of nitrogens with zero attached hydrogens (tertiary/aromatic N) is 4. The van der Waals surface area contributed by atoms with Crippen LogP contribution in [-0.2, 0) is 0 Å². The molecule has 7 nitrogen and oxygen atoms in total. The zero-order valence-electron chi connectivity index (χ0n) is 24.5. The summed E-state index contributed by atoms with van der Waals surface area (Å²) in [4.78, 5) is 43.1. The highest BCUT2D eigenvalue weighted by Gasteiger charge is 2.34. The Hall–Kier alpha value is -6.47. The standard InChI is InChI=1S/C39H26N4O3/c44-37(28-18-8-2-9-19-28)33-35(41-43(31-24-14-5-15-25-31)36(33)27-16-6-1-7-17-27)39(46)32-26-42(30-22-12-4-13-23-30)40-34(32)38(45)29-20-10-3-11-21-29/h1-26H. The number of carbonyl (C=O) groups is 3. The molecule has 0 aliphatic rings. The maximum absolute atomic E-state index is 14.8. The Bertz CT molecular complexity index is 2170. The SMILES string of the molecule is O=C(c1ccccc1)c1nn(-c2ccccc2)cc1C(=O)c1nn(-c2ccccc2)c(-c2ccccc2)c1C(=O)c1ccccc1. The molecule has 7 aromatic rings. The van der Waals surface area contributed by atoms with Gasteiger partial charge in [0, 0.05) is 22.9 Å². The van der Waals surface area contributed by atoms with Crippen LogP contribution < -0.4 is 0 Å². The lowest BCUT2D eigenvalue weighted by atomic mass is 9.93. The maximum Gasteiger partial charge on any atom is 0.217 e. The van der Waals surface area contributed by atoms with E-state index in [1.165, 1.54) is 10.9 Å². The van der Waals surface area contributed by atoms with E-state index in [0.717, 1.165) is 0 Å². The second-order valence-electron chi connectivity index (χ2n) is 10.6. The van der Waals surface area contributed by atoms with E-state index in [4.69, 9.17) is 5.10 Å². The van der Waals surface area contributed by atoms with Crippen LogP contribution in [-0.4, -0.2) is 36.9 Å². The van der Waals surface area contributed by atoms with Gasteiger partial charge < -0.3 is 0 Å². The van der Waals surface area contributed by atoms with Gasteiger partial charge in [0.2, 0.25) is 11.6 Å². The third kappa shape index (κ3) is 5.27. The monoisotopic (exact) mass is 598 g/mol. The molecule has 0 unspecified atom stereocenters. The molecular weight excluding hydrogens is 572 g/mol. The van der Waals surface area contributed by atoms with Crippen molar-refractivity contribution in [2.24, 2.45) is 0 Å². The Morgan fingerprint density at radius 1 is 0.457 bits per heavy atom. The molecule has 7 rings (SSSR count). The first kappa shape index (κ1) is 28.3. The summed E-state index contributed by atoms with van der Waals surface area (Å²) in [6.07, 6.45) is 1.54. The number of carbonyl (C=O) groups excluding carboxylic acids is 3. The van der Waals surface area contributed by atoms with E-state index < -0.39 is 11.6 Å². The lowest BCUT2D eigenvalue weighted by Gasteiger charge is -2.10. The van der Waals surface area contributed by atoms with E-state index in [2.05, 4.69) is 5.10 Å². The molecule has 5 aromatic carbocycles. The maximum atomic E-state index is 14.8. The summed E-state index contributed by atoms with van der Waals surface area (Å²) < 4.78 is 3.13. The van der Waals surface area contributed by atoms with Gasteiger partial charge in [-0.05, 0) is 24.3 Å². The Labute approximate surface area is 265 Å². The average molecular weight is 599 g/mol. The fourth-order valence-electron chi connectivity index (χ4n) is 5.42. The summed E-state index contributed by atoms with van der Waals surface area (Å²) >= 11 is 0. The van der Waals surface area contributed by atoms with Crippen molar-refractivity contribution in [3.8, 4) is 22.6 Å². The van der Waals surface area contributed by atoms with Gasteiger partial charge in [-0.15, -0.1) is 0 Å². The molecule has 7 heteroatoms. The van der Waals surface area contributed by atoms with Crippen molar-refractivity contribution < 1.29 is 14.4 Å². The molecular formula is C39H26N4O3. The molecule has 0 aliphatic carbocycles. The van der Waals surface area contributed by atoms with E-state index in [1.54, 1.807) is 53.2 Å². The van der Waals surface area contributed by atoms with Gasteiger partial charge in [0.1, 0.15) is 11.4 Å². The molecule has 2 heterocycles. The minimum absolute atomic E-state index is 0.0336. The molecule has 0 saturated heterocycles. The van der Waals surface area contributed by atoms with Gasteiger partial charge in [-0.1, -0.05) is 127 Å². The minimum atomic E-state index is -0.590. The molecule has 0 bridgehead atoms.